The lowest BCUT2D eigenvalue weighted by atomic mass is 10.2. The fraction of sp³-hybridized carbons (Fsp3) is 0.250. The van der Waals surface area contributed by atoms with Gasteiger partial charge in [0.2, 0.25) is 0 Å². The average Bonchev–Trinajstić information content (AvgIpc) is 1.94. The number of methoxy groups -OCH3 is 1. The Morgan fingerprint density at radius 2 is 2.30 bits per heavy atom. The molecule has 0 aliphatic carbocycles. The van der Waals surface area contributed by atoms with Crippen LogP contribution in [0.15, 0.2) is 16.6 Å². The number of hydrogen-bond acceptors (Lipinski definition) is 1. The van der Waals surface area contributed by atoms with Gasteiger partial charge < -0.3 is 4.74 Å². The molecule has 0 aliphatic heterocycles. The van der Waals surface area contributed by atoms with Gasteiger partial charge in [0.1, 0.15) is 5.75 Å². The Balaban J connectivity index is 3.09. The lowest BCUT2D eigenvalue weighted by Gasteiger charge is -2.02. The molecule has 0 saturated carbocycles. The second-order valence-electron chi connectivity index (χ2n) is 2.03. The summed E-state index contributed by atoms with van der Waals surface area (Å²) in [7, 11) is 1.66. The van der Waals surface area contributed by atoms with Crippen LogP contribution in [0.3, 0.4) is 0 Å². The first-order chi connectivity index (χ1) is 4.74. The third-order valence-electron chi connectivity index (χ3n) is 1.29. The summed E-state index contributed by atoms with van der Waals surface area (Å²) < 4.78 is 6.00. The topological polar surface area (TPSA) is 9.23 Å². The Kier molecular flexibility index (Phi) is 2.33. The van der Waals surface area contributed by atoms with Crippen LogP contribution in [-0.2, 0) is 0 Å². The van der Waals surface area contributed by atoms with Gasteiger partial charge in [-0.3, -0.25) is 0 Å². The van der Waals surface area contributed by atoms with Gasteiger partial charge in [0.05, 0.1) is 7.11 Å². The highest BCUT2D eigenvalue weighted by atomic mass is 79.9. The van der Waals surface area contributed by atoms with Crippen LogP contribution in [-0.4, -0.2) is 7.11 Å². The molecule has 0 heterocycles. The zero-order chi connectivity index (χ0) is 7.56. The van der Waals surface area contributed by atoms with Crippen molar-refractivity contribution in [1.82, 2.24) is 0 Å². The molecule has 2 heteroatoms. The van der Waals surface area contributed by atoms with Crippen LogP contribution in [0.2, 0.25) is 0 Å². The number of hydrogen-bond donors (Lipinski definition) is 0. The third-order valence-corrected chi connectivity index (χ3v) is 1.75. The van der Waals surface area contributed by atoms with Crippen molar-refractivity contribution in [2.24, 2.45) is 0 Å². The van der Waals surface area contributed by atoms with E-state index >= 15 is 0 Å². The largest absolute Gasteiger partial charge is 0.496 e. The summed E-state index contributed by atoms with van der Waals surface area (Å²) in [6, 6.07) is 6.80. The molecule has 1 radical (unpaired) electrons. The van der Waals surface area contributed by atoms with Crippen molar-refractivity contribution in [1.29, 1.82) is 0 Å². The van der Waals surface area contributed by atoms with Gasteiger partial charge >= 0.3 is 0 Å². The van der Waals surface area contributed by atoms with Gasteiger partial charge in [0.25, 0.3) is 0 Å². The summed E-state index contributed by atoms with van der Waals surface area (Å²) in [4.78, 5) is 0. The van der Waals surface area contributed by atoms with Crippen LogP contribution in [0.5, 0.6) is 5.75 Å². The van der Waals surface area contributed by atoms with Gasteiger partial charge in [0.15, 0.2) is 0 Å². The van der Waals surface area contributed by atoms with Gasteiger partial charge in [-0.2, -0.15) is 0 Å². The number of aryl methyl sites for hydroxylation is 1. The van der Waals surface area contributed by atoms with E-state index in [2.05, 4.69) is 22.0 Å². The molecule has 1 nitrogen and oxygen atoms in total. The number of halogens is 1. The summed E-state index contributed by atoms with van der Waals surface area (Å²) in [6.07, 6.45) is 0. The normalized spacial score (nSPS) is 9.50. The van der Waals surface area contributed by atoms with E-state index in [9.17, 15) is 0 Å². The summed E-state index contributed by atoms with van der Waals surface area (Å²) >= 11 is 3.30. The van der Waals surface area contributed by atoms with Crippen molar-refractivity contribution in [3.63, 3.8) is 0 Å². The molecule has 1 rings (SSSR count). The SMILES string of the molecule is COc1cc(Br)[c]cc1C. The fourth-order valence-corrected chi connectivity index (χ4v) is 1.06. The Morgan fingerprint density at radius 3 is 2.80 bits per heavy atom. The highest BCUT2D eigenvalue weighted by Crippen LogP contribution is 2.21. The maximum Gasteiger partial charge on any atom is 0.122 e. The highest BCUT2D eigenvalue weighted by Gasteiger charge is 1.96. The number of rotatable bonds is 1. The highest BCUT2D eigenvalue weighted by molar-refractivity contribution is 9.10. The van der Waals surface area contributed by atoms with E-state index in [4.69, 9.17) is 4.74 Å². The standard InChI is InChI=1S/C8H8BrO/c1-6-3-4-7(9)5-8(6)10-2/h3,5H,1-2H3. The van der Waals surface area contributed by atoms with Crippen LogP contribution in [0.25, 0.3) is 0 Å². The van der Waals surface area contributed by atoms with E-state index in [-0.39, 0.29) is 0 Å². The molecule has 1 aromatic carbocycles. The van der Waals surface area contributed by atoms with E-state index in [1.807, 2.05) is 19.1 Å². The van der Waals surface area contributed by atoms with Crippen molar-refractivity contribution in [3.05, 3.63) is 28.2 Å². The maximum absolute atomic E-state index is 5.08. The second-order valence-corrected chi connectivity index (χ2v) is 2.89. The fourth-order valence-electron chi connectivity index (χ4n) is 0.739. The van der Waals surface area contributed by atoms with Crippen molar-refractivity contribution in [2.75, 3.05) is 7.11 Å². The number of benzene rings is 1. The van der Waals surface area contributed by atoms with Crippen LogP contribution < -0.4 is 4.74 Å². The number of ether oxygens (including phenoxy) is 1. The molecular formula is C8H8BrO. The molecule has 0 unspecified atom stereocenters. The van der Waals surface area contributed by atoms with E-state index in [1.54, 1.807) is 7.11 Å². The average molecular weight is 200 g/mol. The zero-order valence-electron chi connectivity index (χ0n) is 5.94. The quantitative estimate of drug-likeness (QED) is 0.676. The Bertz CT molecular complexity index is 233. The molecular weight excluding hydrogens is 192 g/mol. The Labute approximate surface area is 69.1 Å². The predicted molar refractivity (Wildman–Crippen MR) is 44.3 cm³/mol. The van der Waals surface area contributed by atoms with Crippen molar-refractivity contribution < 1.29 is 4.74 Å². The van der Waals surface area contributed by atoms with Gasteiger partial charge in [-0.05, 0) is 30.7 Å². The molecule has 0 N–H and O–H groups in total. The van der Waals surface area contributed by atoms with Crippen molar-refractivity contribution in [3.8, 4) is 5.75 Å². The molecule has 0 fully saturated rings. The first-order valence-corrected chi connectivity index (χ1v) is 3.75. The van der Waals surface area contributed by atoms with E-state index in [0.29, 0.717) is 0 Å². The van der Waals surface area contributed by atoms with Crippen molar-refractivity contribution >= 4 is 15.9 Å². The van der Waals surface area contributed by atoms with Gasteiger partial charge in [-0.15, -0.1) is 0 Å². The molecule has 53 valence electrons. The van der Waals surface area contributed by atoms with E-state index in [1.165, 1.54) is 0 Å². The van der Waals surface area contributed by atoms with Crippen LogP contribution in [0.1, 0.15) is 5.56 Å². The third kappa shape index (κ3) is 1.51. The lowest BCUT2D eigenvalue weighted by molar-refractivity contribution is 0.411. The Morgan fingerprint density at radius 1 is 1.60 bits per heavy atom. The summed E-state index contributed by atoms with van der Waals surface area (Å²) in [5.41, 5.74) is 1.10. The van der Waals surface area contributed by atoms with E-state index in [0.717, 1.165) is 15.8 Å². The second kappa shape index (κ2) is 3.06. The minimum atomic E-state index is 0.894. The monoisotopic (exact) mass is 199 g/mol. The molecule has 10 heavy (non-hydrogen) atoms. The molecule has 0 aliphatic rings. The zero-order valence-corrected chi connectivity index (χ0v) is 7.53. The first kappa shape index (κ1) is 7.61. The molecule has 0 spiro atoms. The van der Waals surface area contributed by atoms with Gasteiger partial charge in [0, 0.05) is 4.47 Å². The van der Waals surface area contributed by atoms with Gasteiger partial charge in [-0.25, -0.2) is 0 Å². The van der Waals surface area contributed by atoms with Crippen LogP contribution in [0.4, 0.5) is 0 Å². The van der Waals surface area contributed by atoms with E-state index < -0.39 is 0 Å². The maximum atomic E-state index is 5.08. The predicted octanol–water partition coefficient (Wildman–Crippen LogP) is 2.57. The minimum absolute atomic E-state index is 0.894. The molecule has 0 saturated heterocycles. The van der Waals surface area contributed by atoms with Crippen LogP contribution >= 0.6 is 15.9 Å². The summed E-state index contributed by atoms with van der Waals surface area (Å²) in [5.74, 6) is 0.894. The first-order valence-electron chi connectivity index (χ1n) is 2.96. The summed E-state index contributed by atoms with van der Waals surface area (Å²) in [6.45, 7) is 1.99. The Hall–Kier alpha value is -0.500. The van der Waals surface area contributed by atoms with Crippen molar-refractivity contribution in [2.45, 2.75) is 6.92 Å². The lowest BCUT2D eigenvalue weighted by Crippen LogP contribution is -1.85. The molecule has 1 aromatic rings. The smallest absolute Gasteiger partial charge is 0.122 e. The van der Waals surface area contributed by atoms with Crippen LogP contribution in [0, 0.1) is 13.0 Å². The minimum Gasteiger partial charge on any atom is -0.496 e. The molecule has 0 aromatic heterocycles. The summed E-state index contributed by atoms with van der Waals surface area (Å²) in [5, 5.41) is 0. The molecule has 0 bridgehead atoms. The molecule has 0 atom stereocenters. The van der Waals surface area contributed by atoms with Gasteiger partial charge in [-0.1, -0.05) is 15.9 Å². The molecule has 0 amide bonds.